The van der Waals surface area contributed by atoms with Crippen LogP contribution in [0.25, 0.3) is 0 Å². The van der Waals surface area contributed by atoms with Crippen LogP contribution in [-0.2, 0) is 7.05 Å². The Labute approximate surface area is 117 Å². The summed E-state index contributed by atoms with van der Waals surface area (Å²) in [5, 5.41) is 7.26. The monoisotopic (exact) mass is 328 g/mol. The van der Waals surface area contributed by atoms with Gasteiger partial charge in [0.15, 0.2) is 5.69 Å². The van der Waals surface area contributed by atoms with Gasteiger partial charge in [-0.05, 0) is 34.1 Å². The number of nitrogens with one attached hydrogen (secondary N) is 1. The third-order valence-corrected chi connectivity index (χ3v) is 3.46. The van der Waals surface area contributed by atoms with Crippen molar-refractivity contribution in [2.24, 2.45) is 7.05 Å². The maximum absolute atomic E-state index is 11.9. The van der Waals surface area contributed by atoms with Gasteiger partial charge >= 0.3 is 0 Å². The number of hydrogen-bond donors (Lipinski definition) is 2. The molecule has 2 rings (SSSR count). The number of aromatic nitrogens is 2. The molecule has 0 radical (unpaired) electrons. The highest BCUT2D eigenvalue weighted by Crippen LogP contribution is 2.25. The lowest BCUT2D eigenvalue weighted by Crippen LogP contribution is -2.14. The summed E-state index contributed by atoms with van der Waals surface area (Å²) in [5.74, 6) is -0.359. The molecule has 0 saturated carbocycles. The van der Waals surface area contributed by atoms with Gasteiger partial charge in [0.1, 0.15) is 0 Å². The third kappa shape index (κ3) is 2.65. The Bertz CT molecular complexity index is 611. The van der Waals surface area contributed by atoms with Crippen molar-refractivity contribution >= 4 is 44.8 Å². The van der Waals surface area contributed by atoms with Crippen molar-refractivity contribution in [2.45, 2.75) is 0 Å². The molecule has 0 aliphatic rings. The summed E-state index contributed by atoms with van der Waals surface area (Å²) in [4.78, 5) is 11.9. The average molecular weight is 330 g/mol. The van der Waals surface area contributed by atoms with E-state index in [1.807, 2.05) is 0 Å². The summed E-state index contributed by atoms with van der Waals surface area (Å²) in [6.45, 7) is 0. The molecule has 18 heavy (non-hydrogen) atoms. The van der Waals surface area contributed by atoms with Gasteiger partial charge in [-0.1, -0.05) is 11.6 Å². The molecule has 0 saturated heterocycles. The van der Waals surface area contributed by atoms with Gasteiger partial charge in [-0.3, -0.25) is 9.48 Å². The average Bonchev–Trinajstić information content (AvgIpc) is 2.63. The van der Waals surface area contributed by atoms with E-state index in [1.54, 1.807) is 31.4 Å². The summed E-state index contributed by atoms with van der Waals surface area (Å²) in [5.41, 5.74) is 6.82. The smallest absolute Gasteiger partial charge is 0.278 e. The molecule has 0 aliphatic heterocycles. The van der Waals surface area contributed by atoms with Gasteiger partial charge in [0.05, 0.1) is 10.7 Å². The van der Waals surface area contributed by atoms with Crippen LogP contribution in [-0.4, -0.2) is 15.7 Å². The maximum Gasteiger partial charge on any atom is 0.278 e. The third-order valence-electron chi connectivity index (χ3n) is 2.25. The first-order chi connectivity index (χ1) is 8.47. The van der Waals surface area contributed by atoms with Gasteiger partial charge in [0.25, 0.3) is 5.91 Å². The number of hydrogen-bond acceptors (Lipinski definition) is 3. The number of aryl methyl sites for hydroxylation is 1. The number of nitrogens with two attached hydrogens (primary N) is 1. The van der Waals surface area contributed by atoms with Crippen LogP contribution >= 0.6 is 27.5 Å². The fraction of sp³-hybridized carbons (Fsp3) is 0.0909. The Morgan fingerprint density at radius 3 is 2.83 bits per heavy atom. The van der Waals surface area contributed by atoms with E-state index >= 15 is 0 Å². The molecule has 1 heterocycles. The normalized spacial score (nSPS) is 10.4. The van der Waals surface area contributed by atoms with E-state index in [-0.39, 0.29) is 11.6 Å². The van der Waals surface area contributed by atoms with Crippen molar-refractivity contribution in [3.63, 3.8) is 0 Å². The highest BCUT2D eigenvalue weighted by atomic mass is 79.9. The molecular weight excluding hydrogens is 320 g/mol. The Balaban J connectivity index is 2.21. The van der Waals surface area contributed by atoms with E-state index in [1.165, 1.54) is 4.68 Å². The Kier molecular flexibility index (Phi) is 3.58. The van der Waals surface area contributed by atoms with Gasteiger partial charge in [-0.15, -0.1) is 0 Å². The molecular formula is C11H10BrClN4O. The van der Waals surface area contributed by atoms with Crippen molar-refractivity contribution in [2.75, 3.05) is 11.1 Å². The first kappa shape index (κ1) is 12.9. The molecule has 2 aromatic rings. The minimum Gasteiger partial charge on any atom is -0.396 e. The van der Waals surface area contributed by atoms with Crippen LogP contribution in [0.4, 0.5) is 11.4 Å². The lowest BCUT2D eigenvalue weighted by molar-refractivity contribution is 0.102. The summed E-state index contributed by atoms with van der Waals surface area (Å²) >= 11 is 9.15. The van der Waals surface area contributed by atoms with Crippen LogP contribution in [0.3, 0.4) is 0 Å². The number of nitrogen functional groups attached to an aromatic ring is 1. The lowest BCUT2D eigenvalue weighted by Gasteiger charge is -2.05. The van der Waals surface area contributed by atoms with E-state index in [4.69, 9.17) is 17.3 Å². The zero-order valence-electron chi connectivity index (χ0n) is 9.45. The standard InChI is InChI=1S/C11H10BrClN4O/c1-17-5-9(14)10(16-17)11(18)15-6-2-3-8(13)7(12)4-6/h2-5H,14H2,1H3,(H,15,18). The molecule has 0 atom stereocenters. The molecule has 94 valence electrons. The van der Waals surface area contributed by atoms with Gasteiger partial charge in [-0.2, -0.15) is 5.10 Å². The molecule has 0 bridgehead atoms. The summed E-state index contributed by atoms with van der Waals surface area (Å²) < 4.78 is 2.19. The Hall–Kier alpha value is -1.53. The quantitative estimate of drug-likeness (QED) is 0.889. The number of anilines is 2. The van der Waals surface area contributed by atoms with Crippen LogP contribution in [0.15, 0.2) is 28.9 Å². The zero-order chi connectivity index (χ0) is 13.3. The molecule has 3 N–H and O–H groups in total. The van der Waals surface area contributed by atoms with Crippen molar-refractivity contribution in [3.05, 3.63) is 39.6 Å². The van der Waals surface area contributed by atoms with Crippen molar-refractivity contribution in [1.29, 1.82) is 0 Å². The first-order valence-electron chi connectivity index (χ1n) is 5.03. The molecule has 7 heteroatoms. The first-order valence-corrected chi connectivity index (χ1v) is 6.20. The van der Waals surface area contributed by atoms with Crippen LogP contribution in [0.1, 0.15) is 10.5 Å². The number of amides is 1. The van der Waals surface area contributed by atoms with E-state index in [0.717, 1.165) is 0 Å². The topological polar surface area (TPSA) is 72.9 Å². The molecule has 1 aromatic carbocycles. The molecule has 1 aromatic heterocycles. The number of rotatable bonds is 2. The number of carbonyl (C=O) groups excluding carboxylic acids is 1. The minimum atomic E-state index is -0.359. The van der Waals surface area contributed by atoms with Gasteiger partial charge < -0.3 is 11.1 Å². The SMILES string of the molecule is Cn1cc(N)c(C(=O)Nc2ccc(Cl)c(Br)c2)n1. The molecule has 0 spiro atoms. The number of halogens is 2. The summed E-state index contributed by atoms with van der Waals surface area (Å²) in [7, 11) is 1.70. The predicted octanol–water partition coefficient (Wildman–Crippen LogP) is 2.67. The van der Waals surface area contributed by atoms with Crippen LogP contribution in [0.5, 0.6) is 0 Å². The molecule has 1 amide bonds. The lowest BCUT2D eigenvalue weighted by atomic mass is 10.3. The highest BCUT2D eigenvalue weighted by molar-refractivity contribution is 9.10. The molecule has 0 fully saturated rings. The Morgan fingerprint density at radius 1 is 1.56 bits per heavy atom. The number of nitrogens with zero attached hydrogens (tertiary/aromatic N) is 2. The predicted molar refractivity (Wildman–Crippen MR) is 74.7 cm³/mol. The van der Waals surface area contributed by atoms with E-state index in [9.17, 15) is 4.79 Å². The number of benzene rings is 1. The molecule has 0 unspecified atom stereocenters. The van der Waals surface area contributed by atoms with E-state index in [2.05, 4.69) is 26.3 Å². The second-order valence-electron chi connectivity index (χ2n) is 3.69. The van der Waals surface area contributed by atoms with Crippen LogP contribution in [0, 0.1) is 0 Å². The molecule has 0 aliphatic carbocycles. The molecule has 5 nitrogen and oxygen atoms in total. The summed E-state index contributed by atoms with van der Waals surface area (Å²) in [6, 6.07) is 5.09. The largest absolute Gasteiger partial charge is 0.396 e. The second-order valence-corrected chi connectivity index (χ2v) is 4.95. The van der Waals surface area contributed by atoms with Gasteiger partial charge in [0.2, 0.25) is 0 Å². The maximum atomic E-state index is 11.9. The van der Waals surface area contributed by atoms with Crippen molar-refractivity contribution < 1.29 is 4.79 Å². The number of carbonyl (C=O) groups is 1. The van der Waals surface area contributed by atoms with Gasteiger partial charge in [-0.25, -0.2) is 0 Å². The van der Waals surface area contributed by atoms with Crippen LogP contribution < -0.4 is 11.1 Å². The second kappa shape index (κ2) is 4.99. The van der Waals surface area contributed by atoms with Crippen molar-refractivity contribution in [3.8, 4) is 0 Å². The Morgan fingerprint density at radius 2 is 2.28 bits per heavy atom. The van der Waals surface area contributed by atoms with Crippen molar-refractivity contribution in [1.82, 2.24) is 9.78 Å². The minimum absolute atomic E-state index is 0.198. The van der Waals surface area contributed by atoms with E-state index in [0.29, 0.717) is 20.9 Å². The fourth-order valence-electron chi connectivity index (χ4n) is 1.45. The van der Waals surface area contributed by atoms with Crippen LogP contribution in [0.2, 0.25) is 5.02 Å². The van der Waals surface area contributed by atoms with E-state index < -0.39 is 0 Å². The highest BCUT2D eigenvalue weighted by Gasteiger charge is 2.14. The summed E-state index contributed by atoms with van der Waals surface area (Å²) in [6.07, 6.45) is 1.58. The van der Waals surface area contributed by atoms with Gasteiger partial charge in [0, 0.05) is 23.4 Å². The fourth-order valence-corrected chi connectivity index (χ4v) is 1.94. The zero-order valence-corrected chi connectivity index (χ0v) is 11.8.